The molecular weight excluding hydrogens is 422 g/mol. The molecule has 1 N–H and O–H groups in total. The van der Waals surface area contributed by atoms with Gasteiger partial charge in [-0.25, -0.2) is 0 Å². The lowest BCUT2D eigenvalue weighted by molar-refractivity contribution is 0.0998. The number of carbonyl (C=O) groups is 1. The zero-order chi connectivity index (χ0) is 22.9. The van der Waals surface area contributed by atoms with Crippen LogP contribution in [0.4, 0.5) is 5.69 Å². The Morgan fingerprint density at radius 2 is 1.64 bits per heavy atom. The molecule has 0 bridgehead atoms. The molecule has 2 heterocycles. The zero-order valence-electron chi connectivity index (χ0n) is 17.9. The molecule has 0 fully saturated rings. The molecule has 2 aromatic heterocycles. The Kier molecular flexibility index (Phi) is 5.06. The van der Waals surface area contributed by atoms with E-state index in [4.69, 9.17) is 18.3 Å². The molecule has 5 aromatic rings. The summed E-state index contributed by atoms with van der Waals surface area (Å²) in [4.78, 5) is 25.6. The second-order valence-electron chi connectivity index (χ2n) is 7.33. The molecule has 7 nitrogen and oxygen atoms in total. The van der Waals surface area contributed by atoms with Crippen LogP contribution in [0.25, 0.3) is 33.3 Å². The van der Waals surface area contributed by atoms with E-state index in [9.17, 15) is 9.59 Å². The number of furan rings is 1. The van der Waals surface area contributed by atoms with E-state index in [0.29, 0.717) is 45.1 Å². The van der Waals surface area contributed by atoms with Crippen molar-refractivity contribution in [1.82, 2.24) is 0 Å². The number of benzene rings is 3. The summed E-state index contributed by atoms with van der Waals surface area (Å²) in [6.07, 6.45) is 0. The standard InChI is InChI=1S/C26H19NO6/c1-30-20-8-4-3-7-17(20)23-14-19(28)18-13-16(10-11-21(18)32-23)27-26(29)24-12-15-6-5-9-22(31-2)25(15)33-24/h3-14H,1-2H3,(H,27,29). The molecule has 0 aliphatic rings. The van der Waals surface area contributed by atoms with Crippen molar-refractivity contribution in [3.8, 4) is 22.8 Å². The number of para-hydroxylation sites is 2. The average molecular weight is 441 g/mol. The molecular formula is C26H19NO6. The number of rotatable bonds is 5. The fourth-order valence-electron chi connectivity index (χ4n) is 3.72. The van der Waals surface area contributed by atoms with Gasteiger partial charge >= 0.3 is 0 Å². The topological polar surface area (TPSA) is 90.9 Å². The lowest BCUT2D eigenvalue weighted by Crippen LogP contribution is -2.11. The van der Waals surface area contributed by atoms with Gasteiger partial charge in [0, 0.05) is 17.1 Å². The second-order valence-corrected chi connectivity index (χ2v) is 7.33. The summed E-state index contributed by atoms with van der Waals surface area (Å²) in [5, 5.41) is 3.86. The smallest absolute Gasteiger partial charge is 0.291 e. The minimum absolute atomic E-state index is 0.133. The van der Waals surface area contributed by atoms with E-state index in [1.807, 2.05) is 30.3 Å². The molecule has 0 spiro atoms. The van der Waals surface area contributed by atoms with Crippen LogP contribution in [0.2, 0.25) is 0 Å². The van der Waals surface area contributed by atoms with Crippen molar-refractivity contribution in [2.75, 3.05) is 19.5 Å². The van der Waals surface area contributed by atoms with Gasteiger partial charge < -0.3 is 23.6 Å². The van der Waals surface area contributed by atoms with E-state index in [2.05, 4.69) is 5.32 Å². The third-order valence-corrected chi connectivity index (χ3v) is 5.31. The highest BCUT2D eigenvalue weighted by molar-refractivity contribution is 6.05. The van der Waals surface area contributed by atoms with E-state index in [0.717, 1.165) is 5.39 Å². The molecule has 0 atom stereocenters. The first-order valence-corrected chi connectivity index (χ1v) is 10.2. The fraction of sp³-hybridized carbons (Fsp3) is 0.0769. The first kappa shape index (κ1) is 20.4. The maximum atomic E-state index is 12.8. The van der Waals surface area contributed by atoms with E-state index in [1.54, 1.807) is 43.5 Å². The van der Waals surface area contributed by atoms with Crippen LogP contribution < -0.4 is 20.2 Å². The van der Waals surface area contributed by atoms with E-state index in [-0.39, 0.29) is 11.2 Å². The van der Waals surface area contributed by atoms with Gasteiger partial charge in [0.05, 0.1) is 25.2 Å². The normalized spacial score (nSPS) is 11.0. The summed E-state index contributed by atoms with van der Waals surface area (Å²) in [6, 6.07) is 20.7. The molecule has 164 valence electrons. The summed E-state index contributed by atoms with van der Waals surface area (Å²) < 4.78 is 22.3. The number of nitrogens with one attached hydrogen (secondary N) is 1. The van der Waals surface area contributed by atoms with Crippen molar-refractivity contribution in [3.63, 3.8) is 0 Å². The number of hydrogen-bond acceptors (Lipinski definition) is 6. The Labute approximate surface area is 188 Å². The van der Waals surface area contributed by atoms with E-state index < -0.39 is 5.91 Å². The van der Waals surface area contributed by atoms with Crippen LogP contribution in [0.15, 0.2) is 86.4 Å². The highest BCUT2D eigenvalue weighted by Crippen LogP contribution is 2.31. The molecule has 0 unspecified atom stereocenters. The number of carbonyl (C=O) groups excluding carboxylic acids is 1. The molecule has 33 heavy (non-hydrogen) atoms. The summed E-state index contributed by atoms with van der Waals surface area (Å²) in [5.74, 6) is 1.24. The maximum Gasteiger partial charge on any atom is 0.291 e. The number of fused-ring (bicyclic) bond motifs is 2. The van der Waals surface area contributed by atoms with Gasteiger partial charge in [0.1, 0.15) is 17.1 Å². The monoisotopic (exact) mass is 441 g/mol. The number of ether oxygens (including phenoxy) is 2. The molecule has 0 saturated carbocycles. The Morgan fingerprint density at radius 1 is 0.848 bits per heavy atom. The SMILES string of the molecule is COc1ccccc1-c1cc(=O)c2cc(NC(=O)c3cc4cccc(OC)c4o3)ccc2o1. The van der Waals surface area contributed by atoms with Gasteiger partial charge in [-0.05, 0) is 42.5 Å². The van der Waals surface area contributed by atoms with Crippen molar-refractivity contribution < 1.29 is 23.1 Å². The quantitative estimate of drug-likeness (QED) is 0.389. The van der Waals surface area contributed by atoms with Crippen molar-refractivity contribution >= 4 is 33.5 Å². The number of methoxy groups -OCH3 is 2. The average Bonchev–Trinajstić information content (AvgIpc) is 3.29. The van der Waals surface area contributed by atoms with Gasteiger partial charge in [-0.1, -0.05) is 24.3 Å². The van der Waals surface area contributed by atoms with Crippen LogP contribution in [0.5, 0.6) is 11.5 Å². The minimum atomic E-state index is -0.442. The van der Waals surface area contributed by atoms with Crippen LogP contribution in [0, 0.1) is 0 Å². The number of hydrogen-bond donors (Lipinski definition) is 1. The van der Waals surface area contributed by atoms with Crippen LogP contribution in [-0.4, -0.2) is 20.1 Å². The minimum Gasteiger partial charge on any atom is -0.496 e. The molecule has 0 aliphatic carbocycles. The van der Waals surface area contributed by atoms with Crippen molar-refractivity contribution in [2.45, 2.75) is 0 Å². The summed E-state index contributed by atoms with van der Waals surface area (Å²) >= 11 is 0. The van der Waals surface area contributed by atoms with Gasteiger partial charge in [0.15, 0.2) is 22.5 Å². The molecule has 3 aromatic carbocycles. The highest BCUT2D eigenvalue weighted by atomic mass is 16.5. The van der Waals surface area contributed by atoms with Crippen LogP contribution in [0.3, 0.4) is 0 Å². The Hall–Kier alpha value is -4.52. The van der Waals surface area contributed by atoms with Gasteiger partial charge in [-0.3, -0.25) is 9.59 Å². The highest BCUT2D eigenvalue weighted by Gasteiger charge is 2.16. The third-order valence-electron chi connectivity index (χ3n) is 5.31. The molecule has 7 heteroatoms. The molecule has 0 saturated heterocycles. The first-order chi connectivity index (χ1) is 16.1. The van der Waals surface area contributed by atoms with Crippen molar-refractivity contribution in [3.05, 3.63) is 88.8 Å². The van der Waals surface area contributed by atoms with Crippen LogP contribution in [0.1, 0.15) is 10.6 Å². The Morgan fingerprint density at radius 3 is 2.45 bits per heavy atom. The predicted octanol–water partition coefficient (Wildman–Crippen LogP) is 5.48. The number of amides is 1. The second kappa shape index (κ2) is 8.20. The molecule has 0 aliphatic heterocycles. The van der Waals surface area contributed by atoms with Gasteiger partial charge in [0.25, 0.3) is 5.91 Å². The number of anilines is 1. The molecule has 1 amide bonds. The Bertz CT molecular complexity index is 1560. The summed E-state index contributed by atoms with van der Waals surface area (Å²) in [6.45, 7) is 0. The van der Waals surface area contributed by atoms with E-state index >= 15 is 0 Å². The molecule has 0 radical (unpaired) electrons. The van der Waals surface area contributed by atoms with Gasteiger partial charge in [0.2, 0.25) is 0 Å². The molecule has 5 rings (SSSR count). The first-order valence-electron chi connectivity index (χ1n) is 10.2. The van der Waals surface area contributed by atoms with Crippen LogP contribution >= 0.6 is 0 Å². The van der Waals surface area contributed by atoms with E-state index in [1.165, 1.54) is 13.2 Å². The van der Waals surface area contributed by atoms with Crippen molar-refractivity contribution in [2.24, 2.45) is 0 Å². The summed E-state index contributed by atoms with van der Waals surface area (Å²) in [5.41, 5.74) is 1.78. The largest absolute Gasteiger partial charge is 0.496 e. The Balaban J connectivity index is 1.47. The summed E-state index contributed by atoms with van der Waals surface area (Å²) in [7, 11) is 3.10. The predicted molar refractivity (Wildman–Crippen MR) is 125 cm³/mol. The van der Waals surface area contributed by atoms with Crippen molar-refractivity contribution in [1.29, 1.82) is 0 Å². The van der Waals surface area contributed by atoms with Crippen LogP contribution in [-0.2, 0) is 0 Å². The van der Waals surface area contributed by atoms with Gasteiger partial charge in [-0.15, -0.1) is 0 Å². The zero-order valence-corrected chi connectivity index (χ0v) is 17.9. The van der Waals surface area contributed by atoms with Gasteiger partial charge in [-0.2, -0.15) is 0 Å². The lowest BCUT2D eigenvalue weighted by Gasteiger charge is -2.09. The third kappa shape index (κ3) is 3.70. The lowest BCUT2D eigenvalue weighted by atomic mass is 10.1. The maximum absolute atomic E-state index is 12.8. The fourth-order valence-corrected chi connectivity index (χ4v) is 3.72.